The van der Waals surface area contributed by atoms with Crippen molar-refractivity contribution in [3.05, 3.63) is 71.3 Å². The highest BCUT2D eigenvalue weighted by atomic mass is 32.2. The summed E-state index contributed by atoms with van der Waals surface area (Å²) in [6.45, 7) is 5.44. The van der Waals surface area contributed by atoms with Gasteiger partial charge in [-0.2, -0.15) is 0 Å². The molecule has 0 bridgehead atoms. The van der Waals surface area contributed by atoms with Gasteiger partial charge < -0.3 is 0 Å². The van der Waals surface area contributed by atoms with Crippen LogP contribution in [0.2, 0.25) is 0 Å². The van der Waals surface area contributed by atoms with Crippen LogP contribution in [0.4, 0.5) is 4.39 Å². The van der Waals surface area contributed by atoms with Gasteiger partial charge in [0.05, 0.1) is 21.8 Å². The summed E-state index contributed by atoms with van der Waals surface area (Å²) in [6.07, 6.45) is -0.0179. The fourth-order valence-corrected chi connectivity index (χ4v) is 3.96. The first-order valence-electron chi connectivity index (χ1n) is 8.28. The first-order valence-corrected chi connectivity index (χ1v) is 9.43. The van der Waals surface area contributed by atoms with Gasteiger partial charge in [-0.15, -0.1) is 0 Å². The summed E-state index contributed by atoms with van der Waals surface area (Å²) in [5, 5.41) is 0. The lowest BCUT2D eigenvalue weighted by Crippen LogP contribution is -2.48. The molecule has 0 fully saturated rings. The van der Waals surface area contributed by atoms with Crippen molar-refractivity contribution < 1.29 is 13.4 Å². The van der Waals surface area contributed by atoms with E-state index in [9.17, 15) is 9.00 Å². The molecule has 0 heterocycles. The molecular weight excluding hydrogens is 337 g/mol. The van der Waals surface area contributed by atoms with Gasteiger partial charge in [-0.1, -0.05) is 54.6 Å². The van der Waals surface area contributed by atoms with E-state index in [-0.39, 0.29) is 6.42 Å². The third-order valence-corrected chi connectivity index (χ3v) is 6.02. The molecule has 132 valence electrons. The molecule has 3 atom stereocenters. The Morgan fingerprint density at radius 2 is 1.68 bits per heavy atom. The van der Waals surface area contributed by atoms with Gasteiger partial charge in [-0.25, -0.2) is 13.3 Å². The van der Waals surface area contributed by atoms with Crippen molar-refractivity contribution in [1.82, 2.24) is 4.72 Å². The second kappa shape index (κ2) is 6.46. The summed E-state index contributed by atoms with van der Waals surface area (Å²) in [4.78, 5) is 12.9. The highest BCUT2D eigenvalue weighted by Gasteiger charge is 2.53. The number of benzene rings is 2. The molecule has 1 unspecified atom stereocenters. The zero-order valence-corrected chi connectivity index (χ0v) is 15.4. The number of hydrogen-bond acceptors (Lipinski definition) is 2. The fraction of sp³-hybridized carbons (Fsp3) is 0.350. The Morgan fingerprint density at radius 1 is 1.08 bits per heavy atom. The average molecular weight is 359 g/mol. The SMILES string of the molecule is CC(C)(C)S(=O)N[C@H](c1ccccc1)[C@@]1(F)Cc2ccccc2C1=O. The Kier molecular flexibility index (Phi) is 4.64. The molecule has 0 radical (unpaired) electrons. The molecule has 3 rings (SSSR count). The predicted octanol–water partition coefficient (Wildman–Crippen LogP) is 3.93. The van der Waals surface area contributed by atoms with Crippen LogP contribution in [-0.4, -0.2) is 20.4 Å². The van der Waals surface area contributed by atoms with Gasteiger partial charge in [-0.05, 0) is 31.9 Å². The maximum absolute atomic E-state index is 16.1. The number of ketones is 1. The number of hydrogen-bond donors (Lipinski definition) is 1. The Morgan fingerprint density at radius 3 is 2.28 bits per heavy atom. The Bertz CT molecular complexity index is 816. The van der Waals surface area contributed by atoms with Crippen LogP contribution >= 0.6 is 0 Å². The Hall–Kier alpha value is -1.85. The number of Topliss-reactive ketones (excluding diaryl/α,β-unsaturated/α-hetero) is 1. The predicted molar refractivity (Wildman–Crippen MR) is 98.5 cm³/mol. The molecule has 5 heteroatoms. The second-order valence-corrected chi connectivity index (χ2v) is 9.37. The molecule has 0 spiro atoms. The molecular formula is C20H22FNO2S. The summed E-state index contributed by atoms with van der Waals surface area (Å²) in [6, 6.07) is 14.9. The topological polar surface area (TPSA) is 46.2 Å². The highest BCUT2D eigenvalue weighted by Crippen LogP contribution is 2.42. The van der Waals surface area contributed by atoms with Crippen LogP contribution in [0, 0.1) is 0 Å². The average Bonchev–Trinajstić information content (AvgIpc) is 2.84. The lowest BCUT2D eigenvalue weighted by atomic mass is 9.87. The van der Waals surface area contributed by atoms with Crippen molar-refractivity contribution in [3.63, 3.8) is 0 Å². The van der Waals surface area contributed by atoms with E-state index < -0.39 is 33.2 Å². The van der Waals surface area contributed by atoms with Gasteiger partial charge >= 0.3 is 0 Å². The van der Waals surface area contributed by atoms with Crippen LogP contribution in [0.25, 0.3) is 0 Å². The molecule has 1 aliphatic rings. The summed E-state index contributed by atoms with van der Waals surface area (Å²) in [5.41, 5.74) is -0.441. The maximum Gasteiger partial charge on any atom is 0.202 e. The van der Waals surface area contributed by atoms with E-state index in [1.54, 1.807) is 48.5 Å². The van der Waals surface area contributed by atoms with E-state index in [1.165, 1.54) is 0 Å². The lowest BCUT2D eigenvalue weighted by Gasteiger charge is -2.32. The van der Waals surface area contributed by atoms with Gasteiger partial charge in [0.15, 0.2) is 5.67 Å². The van der Waals surface area contributed by atoms with Crippen LogP contribution in [0.1, 0.15) is 48.3 Å². The van der Waals surface area contributed by atoms with Crippen molar-refractivity contribution in [2.45, 2.75) is 43.6 Å². The standard InChI is InChI=1S/C20H22FNO2S/c1-19(2,3)25(24)22-17(14-9-5-4-6-10-14)20(21)13-15-11-7-8-12-16(15)18(20)23/h4-12,17,22H,13H2,1-3H3/t17-,20+,25?/m1/s1. The minimum Gasteiger partial charge on any atom is -0.290 e. The normalized spacial score (nSPS) is 22.5. The van der Waals surface area contributed by atoms with Gasteiger partial charge in [-0.3, -0.25) is 4.79 Å². The van der Waals surface area contributed by atoms with Gasteiger partial charge in [0.25, 0.3) is 0 Å². The molecule has 25 heavy (non-hydrogen) atoms. The minimum atomic E-state index is -2.16. The Labute approximate surface area is 150 Å². The number of nitrogens with one attached hydrogen (secondary N) is 1. The highest BCUT2D eigenvalue weighted by molar-refractivity contribution is 7.84. The fourth-order valence-electron chi connectivity index (χ4n) is 3.07. The number of alkyl halides is 1. The van der Waals surface area contributed by atoms with Crippen LogP contribution < -0.4 is 4.72 Å². The summed E-state index contributed by atoms with van der Waals surface area (Å²) in [5.74, 6) is -0.546. The smallest absolute Gasteiger partial charge is 0.202 e. The van der Waals surface area contributed by atoms with Gasteiger partial charge in [0.2, 0.25) is 5.78 Å². The zero-order chi connectivity index (χ0) is 18.2. The van der Waals surface area contributed by atoms with E-state index in [1.807, 2.05) is 26.8 Å². The minimum absolute atomic E-state index is 0.0179. The van der Waals surface area contributed by atoms with E-state index in [2.05, 4.69) is 4.72 Å². The third-order valence-electron chi connectivity index (χ3n) is 4.46. The number of carbonyl (C=O) groups excluding carboxylic acids is 1. The lowest BCUT2D eigenvalue weighted by molar-refractivity contribution is 0.0633. The van der Waals surface area contributed by atoms with E-state index in [0.717, 1.165) is 0 Å². The number of rotatable bonds is 4. The second-order valence-electron chi connectivity index (χ2n) is 7.37. The van der Waals surface area contributed by atoms with Crippen molar-refractivity contribution in [2.24, 2.45) is 0 Å². The first kappa shape index (κ1) is 18.0. The largest absolute Gasteiger partial charge is 0.290 e. The zero-order valence-electron chi connectivity index (χ0n) is 14.6. The molecule has 0 saturated carbocycles. The van der Waals surface area contributed by atoms with E-state index in [4.69, 9.17) is 0 Å². The molecule has 1 N–H and O–H groups in total. The van der Waals surface area contributed by atoms with Crippen LogP contribution in [0.15, 0.2) is 54.6 Å². The van der Waals surface area contributed by atoms with Crippen molar-refractivity contribution >= 4 is 16.8 Å². The van der Waals surface area contributed by atoms with E-state index >= 15 is 4.39 Å². The molecule has 2 aromatic carbocycles. The number of halogens is 1. The van der Waals surface area contributed by atoms with Crippen molar-refractivity contribution in [2.75, 3.05) is 0 Å². The van der Waals surface area contributed by atoms with Crippen molar-refractivity contribution in [1.29, 1.82) is 0 Å². The quantitative estimate of drug-likeness (QED) is 0.899. The monoisotopic (exact) mass is 359 g/mol. The van der Waals surface area contributed by atoms with Crippen LogP contribution in [-0.2, 0) is 17.4 Å². The van der Waals surface area contributed by atoms with Gasteiger partial charge in [0.1, 0.15) is 0 Å². The van der Waals surface area contributed by atoms with Crippen LogP contribution in [0.5, 0.6) is 0 Å². The van der Waals surface area contributed by atoms with Gasteiger partial charge in [0, 0.05) is 12.0 Å². The maximum atomic E-state index is 16.1. The summed E-state index contributed by atoms with van der Waals surface area (Å²) in [7, 11) is -1.51. The van der Waals surface area contributed by atoms with Crippen molar-refractivity contribution in [3.8, 4) is 0 Å². The first-order chi connectivity index (χ1) is 11.7. The molecule has 2 aromatic rings. The molecule has 1 aliphatic carbocycles. The molecule has 0 aromatic heterocycles. The third kappa shape index (κ3) is 3.31. The summed E-state index contributed by atoms with van der Waals surface area (Å²) < 4.78 is 31.0. The Balaban J connectivity index is 2.04. The van der Waals surface area contributed by atoms with Crippen LogP contribution in [0.3, 0.4) is 0 Å². The molecule has 3 nitrogen and oxygen atoms in total. The summed E-state index contributed by atoms with van der Waals surface area (Å²) >= 11 is 0. The number of fused-ring (bicyclic) bond motifs is 1. The molecule has 0 amide bonds. The van der Waals surface area contributed by atoms with E-state index in [0.29, 0.717) is 16.7 Å². The molecule has 0 saturated heterocycles. The number of carbonyl (C=O) groups is 1. The molecule has 0 aliphatic heterocycles.